The number of pyridine rings is 1. The first-order valence-corrected chi connectivity index (χ1v) is 5.63. The van der Waals surface area contributed by atoms with Crippen molar-refractivity contribution in [3.05, 3.63) is 29.0 Å². The lowest BCUT2D eigenvalue weighted by Crippen LogP contribution is -2.42. The Morgan fingerprint density at radius 1 is 1.62 bits per heavy atom. The van der Waals surface area contributed by atoms with Gasteiger partial charge >= 0.3 is 0 Å². The lowest BCUT2D eigenvalue weighted by molar-refractivity contribution is 0.0473. The van der Waals surface area contributed by atoms with E-state index in [-0.39, 0.29) is 5.91 Å². The highest BCUT2D eigenvalue weighted by Crippen LogP contribution is 2.15. The lowest BCUT2D eigenvalue weighted by atomic mass is 10.1. The molecule has 0 aliphatic carbocycles. The number of hydrogen-bond acceptors (Lipinski definition) is 3. The van der Waals surface area contributed by atoms with Gasteiger partial charge in [-0.3, -0.25) is 4.79 Å². The summed E-state index contributed by atoms with van der Waals surface area (Å²) in [5, 5.41) is 9.81. The molecule has 1 atom stereocenters. The zero-order valence-corrected chi connectivity index (χ0v) is 9.52. The maximum absolute atomic E-state index is 12.0. The summed E-state index contributed by atoms with van der Waals surface area (Å²) < 4.78 is 0. The first-order valence-electron chi connectivity index (χ1n) is 5.26. The fraction of sp³-hybridized carbons (Fsp3) is 0.455. The molecule has 0 radical (unpaired) electrons. The molecule has 2 heterocycles. The van der Waals surface area contributed by atoms with Crippen molar-refractivity contribution < 1.29 is 9.90 Å². The van der Waals surface area contributed by atoms with Crippen LogP contribution in [-0.4, -0.2) is 40.1 Å². The Kier molecular flexibility index (Phi) is 3.41. The monoisotopic (exact) mass is 240 g/mol. The fourth-order valence-electron chi connectivity index (χ4n) is 1.86. The summed E-state index contributed by atoms with van der Waals surface area (Å²) in [6, 6.07) is 3.18. The number of piperidine rings is 1. The molecule has 0 unspecified atom stereocenters. The number of nitrogens with zero attached hydrogens (tertiary/aromatic N) is 2. The van der Waals surface area contributed by atoms with Gasteiger partial charge in [0, 0.05) is 24.8 Å². The maximum Gasteiger partial charge on any atom is 0.254 e. The van der Waals surface area contributed by atoms with E-state index in [9.17, 15) is 9.90 Å². The van der Waals surface area contributed by atoms with Crippen LogP contribution in [0.5, 0.6) is 0 Å². The number of aliphatic hydroxyl groups excluding tert-OH is 1. The van der Waals surface area contributed by atoms with Gasteiger partial charge in [0.05, 0.1) is 6.10 Å². The van der Waals surface area contributed by atoms with Crippen molar-refractivity contribution in [2.45, 2.75) is 18.9 Å². The van der Waals surface area contributed by atoms with Gasteiger partial charge in [0.15, 0.2) is 0 Å². The van der Waals surface area contributed by atoms with Gasteiger partial charge in [-0.05, 0) is 25.0 Å². The number of β-amino-alcohol motifs (C(OH)–C–C–N with tert-alkyl or cyclic N) is 1. The Bertz CT molecular complexity index is 397. The highest BCUT2D eigenvalue weighted by atomic mass is 35.5. The summed E-state index contributed by atoms with van der Waals surface area (Å²) in [7, 11) is 0. The van der Waals surface area contributed by atoms with E-state index in [1.54, 1.807) is 17.0 Å². The Hall–Kier alpha value is -1.13. The van der Waals surface area contributed by atoms with Crippen LogP contribution in [0.2, 0.25) is 5.15 Å². The molecule has 0 spiro atoms. The lowest BCUT2D eigenvalue weighted by Gasteiger charge is -2.30. The highest BCUT2D eigenvalue weighted by molar-refractivity contribution is 6.29. The molecule has 1 aromatic rings. The molecular formula is C11H13ClN2O2. The summed E-state index contributed by atoms with van der Waals surface area (Å²) in [4.78, 5) is 17.5. The highest BCUT2D eigenvalue weighted by Gasteiger charge is 2.23. The molecule has 2 rings (SSSR count). The van der Waals surface area contributed by atoms with Crippen molar-refractivity contribution >= 4 is 17.5 Å². The van der Waals surface area contributed by atoms with Crippen LogP contribution < -0.4 is 0 Å². The second kappa shape index (κ2) is 4.80. The van der Waals surface area contributed by atoms with E-state index in [1.165, 1.54) is 6.20 Å². The molecule has 5 heteroatoms. The number of aromatic nitrogens is 1. The van der Waals surface area contributed by atoms with Gasteiger partial charge in [-0.2, -0.15) is 0 Å². The van der Waals surface area contributed by atoms with E-state index in [0.717, 1.165) is 12.8 Å². The topological polar surface area (TPSA) is 53.4 Å². The molecule has 0 bridgehead atoms. The zero-order valence-electron chi connectivity index (χ0n) is 8.77. The minimum absolute atomic E-state index is 0.0944. The van der Waals surface area contributed by atoms with Crippen molar-refractivity contribution in [2.24, 2.45) is 0 Å². The molecule has 1 fully saturated rings. The average molecular weight is 241 g/mol. The van der Waals surface area contributed by atoms with E-state index in [2.05, 4.69) is 4.98 Å². The van der Waals surface area contributed by atoms with Crippen LogP contribution in [0.4, 0.5) is 0 Å². The van der Waals surface area contributed by atoms with Crippen molar-refractivity contribution in [1.82, 2.24) is 9.88 Å². The Morgan fingerprint density at radius 2 is 2.44 bits per heavy atom. The molecule has 0 saturated carbocycles. The van der Waals surface area contributed by atoms with Crippen LogP contribution in [0.3, 0.4) is 0 Å². The second-order valence-corrected chi connectivity index (χ2v) is 4.30. The van der Waals surface area contributed by atoms with E-state index in [4.69, 9.17) is 11.6 Å². The van der Waals surface area contributed by atoms with Crippen molar-refractivity contribution in [3.63, 3.8) is 0 Å². The predicted octanol–water partition coefficient (Wildman–Crippen LogP) is 1.33. The molecule has 0 aromatic carbocycles. The summed E-state index contributed by atoms with van der Waals surface area (Å²) in [5.41, 5.74) is 0.522. The van der Waals surface area contributed by atoms with E-state index in [0.29, 0.717) is 23.8 Å². The Labute approximate surface area is 98.9 Å². The third kappa shape index (κ3) is 2.51. The van der Waals surface area contributed by atoms with Gasteiger partial charge < -0.3 is 10.0 Å². The maximum atomic E-state index is 12.0. The number of halogens is 1. The van der Waals surface area contributed by atoms with Crippen molar-refractivity contribution in [2.75, 3.05) is 13.1 Å². The van der Waals surface area contributed by atoms with Crippen LogP contribution in [-0.2, 0) is 0 Å². The Morgan fingerprint density at radius 3 is 3.12 bits per heavy atom. The number of carbonyl (C=O) groups excluding carboxylic acids is 1. The Balaban J connectivity index is 2.12. The largest absolute Gasteiger partial charge is 0.391 e. The quantitative estimate of drug-likeness (QED) is 0.754. The minimum Gasteiger partial charge on any atom is -0.391 e. The van der Waals surface area contributed by atoms with Gasteiger partial charge in [0.1, 0.15) is 5.15 Å². The van der Waals surface area contributed by atoms with Crippen LogP contribution in [0.25, 0.3) is 0 Å². The third-order valence-corrected chi connectivity index (χ3v) is 2.86. The number of hydrogen-bond donors (Lipinski definition) is 1. The van der Waals surface area contributed by atoms with Crippen LogP contribution in [0, 0.1) is 0 Å². The molecule has 1 aliphatic heterocycles. The summed E-state index contributed by atoms with van der Waals surface area (Å²) in [6.07, 6.45) is 2.71. The van der Waals surface area contributed by atoms with Crippen molar-refractivity contribution in [1.29, 1.82) is 0 Å². The molecule has 1 aromatic heterocycles. The van der Waals surface area contributed by atoms with Gasteiger partial charge in [-0.1, -0.05) is 11.6 Å². The number of amides is 1. The van der Waals surface area contributed by atoms with E-state index < -0.39 is 6.10 Å². The molecule has 86 valence electrons. The normalized spacial score (nSPS) is 20.9. The smallest absolute Gasteiger partial charge is 0.254 e. The molecule has 4 nitrogen and oxygen atoms in total. The molecule has 1 N–H and O–H groups in total. The molecule has 16 heavy (non-hydrogen) atoms. The van der Waals surface area contributed by atoms with E-state index >= 15 is 0 Å². The van der Waals surface area contributed by atoms with Gasteiger partial charge in [-0.25, -0.2) is 4.98 Å². The zero-order chi connectivity index (χ0) is 11.5. The summed E-state index contributed by atoms with van der Waals surface area (Å²) >= 11 is 5.73. The van der Waals surface area contributed by atoms with Gasteiger partial charge in [0.2, 0.25) is 0 Å². The number of rotatable bonds is 1. The molecular weight excluding hydrogens is 228 g/mol. The SMILES string of the molecule is O=C(c1ccnc(Cl)c1)N1CCC[C@H](O)C1. The van der Waals surface area contributed by atoms with Gasteiger partial charge in [0.25, 0.3) is 5.91 Å². The number of carbonyl (C=O) groups is 1. The first kappa shape index (κ1) is 11.4. The number of aliphatic hydroxyl groups is 1. The third-order valence-electron chi connectivity index (χ3n) is 2.66. The molecule has 1 saturated heterocycles. The molecule has 1 aliphatic rings. The second-order valence-electron chi connectivity index (χ2n) is 3.91. The molecule has 1 amide bonds. The standard InChI is InChI=1S/C11H13ClN2O2/c12-10-6-8(3-4-13-10)11(16)14-5-1-2-9(15)7-14/h3-4,6,9,15H,1-2,5,7H2/t9-/m0/s1. The van der Waals surface area contributed by atoms with Crippen LogP contribution in [0.15, 0.2) is 18.3 Å². The number of likely N-dealkylation sites (tertiary alicyclic amines) is 1. The van der Waals surface area contributed by atoms with Crippen molar-refractivity contribution in [3.8, 4) is 0 Å². The summed E-state index contributed by atoms with van der Waals surface area (Å²) in [5.74, 6) is -0.0944. The minimum atomic E-state index is -0.407. The van der Waals surface area contributed by atoms with Gasteiger partial charge in [-0.15, -0.1) is 0 Å². The van der Waals surface area contributed by atoms with Crippen LogP contribution in [0.1, 0.15) is 23.2 Å². The predicted molar refractivity (Wildman–Crippen MR) is 60.4 cm³/mol. The average Bonchev–Trinajstić information content (AvgIpc) is 2.28. The van der Waals surface area contributed by atoms with E-state index in [1.807, 2.05) is 0 Å². The van der Waals surface area contributed by atoms with Crippen LogP contribution >= 0.6 is 11.6 Å². The summed E-state index contributed by atoms with van der Waals surface area (Å²) in [6.45, 7) is 1.09. The fourth-order valence-corrected chi connectivity index (χ4v) is 2.03. The first-order chi connectivity index (χ1) is 7.66.